The Morgan fingerprint density at radius 3 is 2.38 bits per heavy atom. The van der Waals surface area contributed by atoms with Crippen molar-refractivity contribution in [1.29, 1.82) is 0 Å². The lowest BCUT2D eigenvalue weighted by Crippen LogP contribution is -2.20. The monoisotopic (exact) mass is 415 g/mol. The summed E-state index contributed by atoms with van der Waals surface area (Å²) in [5, 5.41) is 3.16. The van der Waals surface area contributed by atoms with Gasteiger partial charge in [0.15, 0.2) is 0 Å². The van der Waals surface area contributed by atoms with Gasteiger partial charge in [-0.05, 0) is 44.3 Å². The summed E-state index contributed by atoms with van der Waals surface area (Å²) in [4.78, 5) is 0. The first kappa shape index (κ1) is 16.5. The van der Waals surface area contributed by atoms with Crippen LogP contribution in [0, 0.1) is 5.82 Å². The zero-order valence-electron chi connectivity index (χ0n) is 11.8. The van der Waals surface area contributed by atoms with Gasteiger partial charge in [-0.2, -0.15) is 0 Å². The SMILES string of the molecule is CCOc1ccc(Br)cc1C(NC)c1ccc(Br)cc1F. The van der Waals surface area contributed by atoms with Crippen LogP contribution in [0.1, 0.15) is 24.1 Å². The molecule has 0 fully saturated rings. The van der Waals surface area contributed by atoms with Gasteiger partial charge in [-0.15, -0.1) is 0 Å². The molecule has 1 atom stereocenters. The van der Waals surface area contributed by atoms with E-state index in [1.165, 1.54) is 6.07 Å². The highest BCUT2D eigenvalue weighted by molar-refractivity contribution is 9.10. The molecule has 1 N–H and O–H groups in total. The number of hydrogen-bond acceptors (Lipinski definition) is 2. The lowest BCUT2D eigenvalue weighted by molar-refractivity contribution is 0.333. The van der Waals surface area contributed by atoms with Gasteiger partial charge in [-0.3, -0.25) is 0 Å². The summed E-state index contributed by atoms with van der Waals surface area (Å²) < 4.78 is 21.6. The summed E-state index contributed by atoms with van der Waals surface area (Å²) in [5.74, 6) is 0.494. The molecular weight excluding hydrogens is 401 g/mol. The zero-order chi connectivity index (χ0) is 15.4. The van der Waals surface area contributed by atoms with Crippen LogP contribution in [0.25, 0.3) is 0 Å². The molecule has 0 aliphatic carbocycles. The van der Waals surface area contributed by atoms with Crippen LogP contribution in [0.4, 0.5) is 4.39 Å². The number of rotatable bonds is 5. The molecule has 2 aromatic rings. The van der Waals surface area contributed by atoms with E-state index in [0.717, 1.165) is 20.3 Å². The normalized spacial score (nSPS) is 12.2. The van der Waals surface area contributed by atoms with Crippen LogP contribution in [0.3, 0.4) is 0 Å². The summed E-state index contributed by atoms with van der Waals surface area (Å²) in [6.45, 7) is 2.49. The molecule has 21 heavy (non-hydrogen) atoms. The van der Waals surface area contributed by atoms with E-state index in [0.29, 0.717) is 12.2 Å². The molecular formula is C16H16Br2FNO. The van der Waals surface area contributed by atoms with Crippen molar-refractivity contribution in [3.8, 4) is 5.75 Å². The van der Waals surface area contributed by atoms with Gasteiger partial charge in [0.2, 0.25) is 0 Å². The van der Waals surface area contributed by atoms with Gasteiger partial charge in [-0.25, -0.2) is 4.39 Å². The predicted octanol–water partition coefficient (Wildman–Crippen LogP) is 5.06. The Balaban J connectivity index is 2.52. The highest BCUT2D eigenvalue weighted by Gasteiger charge is 2.20. The van der Waals surface area contributed by atoms with Gasteiger partial charge >= 0.3 is 0 Å². The van der Waals surface area contributed by atoms with Crippen molar-refractivity contribution >= 4 is 31.9 Å². The summed E-state index contributed by atoms with van der Waals surface area (Å²) in [5.41, 5.74) is 1.48. The fourth-order valence-corrected chi connectivity index (χ4v) is 2.96. The van der Waals surface area contributed by atoms with Crippen molar-refractivity contribution in [3.63, 3.8) is 0 Å². The molecule has 0 saturated heterocycles. The lowest BCUT2D eigenvalue weighted by Gasteiger charge is -2.21. The highest BCUT2D eigenvalue weighted by atomic mass is 79.9. The van der Waals surface area contributed by atoms with Crippen molar-refractivity contribution in [2.24, 2.45) is 0 Å². The molecule has 2 aromatic carbocycles. The third-order valence-corrected chi connectivity index (χ3v) is 4.13. The van der Waals surface area contributed by atoms with Gasteiger partial charge < -0.3 is 10.1 Å². The van der Waals surface area contributed by atoms with Crippen molar-refractivity contribution in [2.45, 2.75) is 13.0 Å². The Morgan fingerprint density at radius 2 is 1.76 bits per heavy atom. The number of hydrogen-bond donors (Lipinski definition) is 1. The average molecular weight is 417 g/mol. The van der Waals surface area contributed by atoms with Gasteiger partial charge in [0, 0.05) is 20.1 Å². The maximum Gasteiger partial charge on any atom is 0.129 e. The fourth-order valence-electron chi connectivity index (χ4n) is 2.25. The molecule has 2 rings (SSSR count). The minimum Gasteiger partial charge on any atom is -0.494 e. The molecule has 0 aliphatic heterocycles. The maximum atomic E-state index is 14.3. The average Bonchev–Trinajstić information content (AvgIpc) is 2.45. The summed E-state index contributed by atoms with van der Waals surface area (Å²) >= 11 is 6.74. The van der Waals surface area contributed by atoms with Crippen LogP contribution < -0.4 is 10.1 Å². The van der Waals surface area contributed by atoms with Crippen molar-refractivity contribution in [3.05, 3.63) is 62.3 Å². The second-order valence-corrected chi connectivity index (χ2v) is 6.33. The number of ether oxygens (including phenoxy) is 1. The van der Waals surface area contributed by atoms with E-state index in [2.05, 4.69) is 37.2 Å². The van der Waals surface area contributed by atoms with Crippen LogP contribution in [-0.2, 0) is 0 Å². The minimum absolute atomic E-state index is 0.258. The smallest absolute Gasteiger partial charge is 0.129 e. The second kappa shape index (κ2) is 7.38. The summed E-state index contributed by atoms with van der Waals surface area (Å²) in [6, 6.07) is 10.6. The zero-order valence-corrected chi connectivity index (χ0v) is 15.0. The quantitative estimate of drug-likeness (QED) is 0.735. The number of halogens is 3. The van der Waals surface area contributed by atoms with Gasteiger partial charge in [0.05, 0.1) is 12.6 Å². The van der Waals surface area contributed by atoms with Gasteiger partial charge in [0.25, 0.3) is 0 Å². The first-order valence-corrected chi connectivity index (χ1v) is 8.19. The third-order valence-electron chi connectivity index (χ3n) is 3.14. The van der Waals surface area contributed by atoms with Gasteiger partial charge in [-0.1, -0.05) is 37.9 Å². The molecule has 0 saturated carbocycles. The molecule has 5 heteroatoms. The Bertz CT molecular complexity index is 634. The summed E-state index contributed by atoms with van der Waals surface area (Å²) in [6.07, 6.45) is 0. The van der Waals surface area contributed by atoms with E-state index in [1.807, 2.05) is 38.2 Å². The molecule has 0 radical (unpaired) electrons. The van der Waals surface area contributed by atoms with E-state index in [4.69, 9.17) is 4.74 Å². The van der Waals surface area contributed by atoms with Crippen LogP contribution in [0.5, 0.6) is 5.75 Å². The topological polar surface area (TPSA) is 21.3 Å². The molecule has 0 aliphatic rings. The van der Waals surface area contributed by atoms with Gasteiger partial charge in [0.1, 0.15) is 11.6 Å². The van der Waals surface area contributed by atoms with Crippen LogP contribution >= 0.6 is 31.9 Å². The van der Waals surface area contributed by atoms with E-state index < -0.39 is 0 Å². The van der Waals surface area contributed by atoms with E-state index >= 15 is 0 Å². The number of nitrogens with one attached hydrogen (secondary N) is 1. The molecule has 0 spiro atoms. The molecule has 1 unspecified atom stereocenters. The van der Waals surface area contributed by atoms with Crippen molar-refractivity contribution in [1.82, 2.24) is 5.32 Å². The standard InChI is InChI=1S/C16H16Br2FNO/c1-3-21-15-7-5-10(17)8-13(15)16(20-2)12-6-4-11(18)9-14(12)19/h4-9,16,20H,3H2,1-2H3. The van der Waals surface area contributed by atoms with E-state index in [9.17, 15) is 4.39 Å². The first-order valence-electron chi connectivity index (χ1n) is 6.61. The Morgan fingerprint density at radius 1 is 1.10 bits per heavy atom. The molecule has 0 heterocycles. The molecule has 0 aromatic heterocycles. The molecule has 2 nitrogen and oxygen atoms in total. The van der Waals surface area contributed by atoms with E-state index in [-0.39, 0.29) is 11.9 Å². The number of benzene rings is 2. The Labute approximate surface area is 141 Å². The summed E-state index contributed by atoms with van der Waals surface area (Å²) in [7, 11) is 1.81. The van der Waals surface area contributed by atoms with Crippen molar-refractivity contribution < 1.29 is 9.13 Å². The Kier molecular flexibility index (Phi) is 5.79. The van der Waals surface area contributed by atoms with Crippen LogP contribution in [-0.4, -0.2) is 13.7 Å². The molecule has 0 bridgehead atoms. The first-order chi connectivity index (χ1) is 10.1. The van der Waals surface area contributed by atoms with Crippen LogP contribution in [0.15, 0.2) is 45.3 Å². The van der Waals surface area contributed by atoms with Crippen LogP contribution in [0.2, 0.25) is 0 Å². The van der Waals surface area contributed by atoms with Crippen molar-refractivity contribution in [2.75, 3.05) is 13.7 Å². The largest absolute Gasteiger partial charge is 0.494 e. The Hall–Kier alpha value is -0.910. The molecule has 112 valence electrons. The fraction of sp³-hybridized carbons (Fsp3) is 0.250. The third kappa shape index (κ3) is 3.84. The second-order valence-electron chi connectivity index (χ2n) is 4.50. The predicted molar refractivity (Wildman–Crippen MR) is 90.3 cm³/mol. The molecule has 0 amide bonds. The lowest BCUT2D eigenvalue weighted by atomic mass is 9.97. The maximum absolute atomic E-state index is 14.3. The highest BCUT2D eigenvalue weighted by Crippen LogP contribution is 2.34. The van der Waals surface area contributed by atoms with E-state index in [1.54, 1.807) is 6.07 Å². The minimum atomic E-state index is -0.280.